The number of anilines is 1. The third kappa shape index (κ3) is 14.0. The molecule has 5 rings (SSSR count). The lowest BCUT2D eigenvalue weighted by atomic mass is 9.99. The summed E-state index contributed by atoms with van der Waals surface area (Å²) < 4.78 is 10.0. The number of esters is 1. The summed E-state index contributed by atoms with van der Waals surface area (Å²) in [6, 6.07) is 7.63. The van der Waals surface area contributed by atoms with Crippen molar-refractivity contribution in [3.63, 3.8) is 0 Å². The first-order chi connectivity index (χ1) is 25.4. The summed E-state index contributed by atoms with van der Waals surface area (Å²) in [6.07, 6.45) is 8.52. The van der Waals surface area contributed by atoms with Crippen LogP contribution in [0.1, 0.15) is 63.9 Å². The molecule has 5 N–H and O–H groups in total. The molecule has 0 aliphatic carbocycles. The number of piperidine rings is 1. The van der Waals surface area contributed by atoms with Gasteiger partial charge in [-0.2, -0.15) is 0 Å². The highest BCUT2D eigenvalue weighted by Gasteiger charge is 2.41. The van der Waals surface area contributed by atoms with Gasteiger partial charge in [-0.1, -0.05) is 35.9 Å². The molecule has 17 nitrogen and oxygen atoms in total. The first kappa shape index (κ1) is 42.1. The highest BCUT2D eigenvalue weighted by molar-refractivity contribution is 5.93. The van der Waals surface area contributed by atoms with E-state index in [2.05, 4.69) is 40.0 Å². The number of aldehydes is 1. The number of hydrogen-bond acceptors (Lipinski definition) is 11. The van der Waals surface area contributed by atoms with Crippen LogP contribution in [0, 0.1) is 6.92 Å². The largest absolute Gasteiger partial charge is 0.464 e. The van der Waals surface area contributed by atoms with Crippen molar-refractivity contribution in [2.24, 2.45) is 5.73 Å². The van der Waals surface area contributed by atoms with Gasteiger partial charge in [-0.3, -0.25) is 34.2 Å². The van der Waals surface area contributed by atoms with E-state index in [0.29, 0.717) is 38.6 Å². The highest BCUT2D eigenvalue weighted by atomic mass is 16.5. The molecule has 4 heterocycles. The van der Waals surface area contributed by atoms with Gasteiger partial charge in [0.15, 0.2) is 0 Å². The van der Waals surface area contributed by atoms with E-state index in [1.165, 1.54) is 18.0 Å². The fraction of sp³-hybridized carbons (Fsp3) is 0.556. The Labute approximate surface area is 309 Å². The van der Waals surface area contributed by atoms with E-state index in [9.17, 15) is 33.6 Å². The number of aromatic nitrogens is 1. The normalized spacial score (nSPS) is 20.0. The quantitative estimate of drug-likeness (QED) is 0.190. The smallest absolute Gasteiger partial charge is 0.323 e. The van der Waals surface area contributed by atoms with Gasteiger partial charge >= 0.3 is 18.0 Å². The van der Waals surface area contributed by atoms with Gasteiger partial charge in [0.1, 0.15) is 37.3 Å². The maximum Gasteiger partial charge on any atom is 0.323 e. The zero-order valence-corrected chi connectivity index (χ0v) is 30.7. The molecule has 3 fully saturated rings. The fourth-order valence-corrected chi connectivity index (χ4v) is 6.15. The molecule has 0 bridgehead atoms. The molecule has 290 valence electrons. The predicted octanol–water partition coefficient (Wildman–Crippen LogP) is 1.37. The second-order valence-corrected chi connectivity index (χ2v) is 13.0. The van der Waals surface area contributed by atoms with Crippen molar-refractivity contribution in [1.29, 1.82) is 0 Å². The summed E-state index contributed by atoms with van der Waals surface area (Å²) in [7, 11) is 1.89. The number of carbonyl (C=O) groups is 7. The van der Waals surface area contributed by atoms with Crippen LogP contribution in [0.4, 0.5) is 10.8 Å². The molecule has 53 heavy (non-hydrogen) atoms. The van der Waals surface area contributed by atoms with E-state index >= 15 is 0 Å². The number of urea groups is 1. The molecule has 3 aliphatic rings. The molecule has 1 aromatic carbocycles. The fourth-order valence-electron chi connectivity index (χ4n) is 6.15. The number of likely N-dealkylation sites (N-methyl/N-ethyl adjacent to an activating group) is 1. The standard InChI is InChI=1S/C23H36N4O6.C7H8.C6H8N4O3/c1-16(15-28)24-21(30)17-7-3-4-12-27(17)22(31)18-8-6-13-26(18)20(29)10-14-33-23(32)19-9-5-11-25(19)2;1-7-5-3-2-4-6-7;7-4(11)3-9-5(12)10-6-8-1-2-13-6/h15-19H,3-14H2,1-2H3,(H,24,30);2-6H,1H3;1-2H,3H2,(H2,7,11)(H2,8,9,10,12). The van der Waals surface area contributed by atoms with Gasteiger partial charge in [-0.15, -0.1) is 0 Å². The Hall–Kier alpha value is -5.32. The van der Waals surface area contributed by atoms with E-state index < -0.39 is 30.1 Å². The monoisotopic (exact) mass is 740 g/mol. The Balaban J connectivity index is 0.000000306. The van der Waals surface area contributed by atoms with Crippen LogP contribution in [0.25, 0.3) is 0 Å². The minimum Gasteiger partial charge on any atom is -0.464 e. The van der Waals surface area contributed by atoms with Crippen LogP contribution in [0.5, 0.6) is 0 Å². The van der Waals surface area contributed by atoms with Crippen LogP contribution in [-0.4, -0.2) is 126 Å². The summed E-state index contributed by atoms with van der Waals surface area (Å²) >= 11 is 0. The van der Waals surface area contributed by atoms with Crippen molar-refractivity contribution in [2.75, 3.05) is 45.2 Å². The molecule has 3 saturated heterocycles. The van der Waals surface area contributed by atoms with E-state index in [4.69, 9.17) is 14.9 Å². The van der Waals surface area contributed by atoms with Crippen LogP contribution in [0.3, 0.4) is 0 Å². The Morgan fingerprint density at radius 3 is 2.25 bits per heavy atom. The molecular formula is C36H52N8O9. The maximum atomic E-state index is 13.4. The van der Waals surface area contributed by atoms with E-state index in [-0.39, 0.29) is 55.3 Å². The molecule has 1 aromatic heterocycles. The van der Waals surface area contributed by atoms with Gasteiger partial charge in [0.2, 0.25) is 23.6 Å². The summed E-state index contributed by atoms with van der Waals surface area (Å²) in [6.45, 7) is 5.23. The van der Waals surface area contributed by atoms with Crippen molar-refractivity contribution < 1.29 is 42.7 Å². The lowest BCUT2D eigenvalue weighted by Crippen LogP contribution is -2.57. The zero-order valence-electron chi connectivity index (χ0n) is 30.7. The number of nitrogens with zero attached hydrogens (tertiary/aromatic N) is 4. The molecule has 0 spiro atoms. The number of carbonyl (C=O) groups excluding carboxylic acids is 7. The summed E-state index contributed by atoms with van der Waals surface area (Å²) in [5.74, 6) is -1.69. The lowest BCUT2D eigenvalue weighted by Gasteiger charge is -2.38. The van der Waals surface area contributed by atoms with Crippen molar-refractivity contribution in [3.05, 3.63) is 48.4 Å². The average Bonchev–Trinajstić information content (AvgIpc) is 3.94. The summed E-state index contributed by atoms with van der Waals surface area (Å²) in [5, 5.41) is 7.08. The summed E-state index contributed by atoms with van der Waals surface area (Å²) in [4.78, 5) is 91.9. The highest BCUT2D eigenvalue weighted by Crippen LogP contribution is 2.25. The molecule has 3 aliphatic heterocycles. The third-order valence-electron chi connectivity index (χ3n) is 8.89. The van der Waals surface area contributed by atoms with Crippen molar-refractivity contribution in [1.82, 2.24) is 30.3 Å². The first-order valence-electron chi connectivity index (χ1n) is 17.9. The minimum atomic E-state index is -0.629. The van der Waals surface area contributed by atoms with Gasteiger partial charge < -0.3 is 40.1 Å². The number of rotatable bonds is 11. The number of benzene rings is 1. The van der Waals surface area contributed by atoms with Crippen LogP contribution in [0.2, 0.25) is 0 Å². The second kappa shape index (κ2) is 21.9. The van der Waals surface area contributed by atoms with Gasteiger partial charge in [-0.25, -0.2) is 9.78 Å². The van der Waals surface area contributed by atoms with Crippen molar-refractivity contribution >= 4 is 47.9 Å². The maximum absolute atomic E-state index is 13.4. The predicted molar refractivity (Wildman–Crippen MR) is 193 cm³/mol. The molecule has 4 unspecified atom stereocenters. The van der Waals surface area contributed by atoms with Gasteiger partial charge in [-0.05, 0) is 72.4 Å². The Kier molecular flexibility index (Phi) is 17.4. The minimum absolute atomic E-state index is 0.00224. The van der Waals surface area contributed by atoms with E-state index in [1.807, 2.05) is 30.1 Å². The SMILES string of the molecule is CC(C=O)NC(=O)C1CCCCN1C(=O)C1CCCN1C(=O)CCOC(=O)C1CCCN1C.Cc1ccccc1.NC(=O)CNC(=O)Nc1ncco1. The number of oxazole rings is 1. The third-order valence-corrected chi connectivity index (χ3v) is 8.89. The molecule has 2 aromatic rings. The number of primary amides is 1. The van der Waals surface area contributed by atoms with E-state index in [1.54, 1.807) is 16.7 Å². The van der Waals surface area contributed by atoms with Gasteiger partial charge in [0.25, 0.3) is 0 Å². The Morgan fingerprint density at radius 1 is 0.962 bits per heavy atom. The molecule has 4 atom stereocenters. The molecule has 0 radical (unpaired) electrons. The topological polar surface area (TPSA) is 227 Å². The summed E-state index contributed by atoms with van der Waals surface area (Å²) in [5.41, 5.74) is 6.12. The van der Waals surface area contributed by atoms with Crippen molar-refractivity contribution in [3.8, 4) is 0 Å². The van der Waals surface area contributed by atoms with Crippen LogP contribution < -0.4 is 21.7 Å². The Morgan fingerprint density at radius 2 is 1.64 bits per heavy atom. The Bertz CT molecular complexity index is 1510. The number of nitrogens with two attached hydrogens (primary N) is 1. The van der Waals surface area contributed by atoms with E-state index in [0.717, 1.165) is 32.2 Å². The van der Waals surface area contributed by atoms with Crippen LogP contribution >= 0.6 is 0 Å². The van der Waals surface area contributed by atoms with Gasteiger partial charge in [0, 0.05) is 13.1 Å². The van der Waals surface area contributed by atoms with Crippen LogP contribution in [0.15, 0.2) is 47.2 Å². The average molecular weight is 741 g/mol. The molecule has 0 saturated carbocycles. The molecule has 17 heteroatoms. The van der Waals surface area contributed by atoms with Crippen molar-refractivity contribution in [2.45, 2.75) is 89.4 Å². The number of aryl methyl sites for hydroxylation is 1. The lowest BCUT2D eigenvalue weighted by molar-refractivity contribution is -0.152. The number of nitrogens with one attached hydrogen (secondary N) is 3. The molecular weight excluding hydrogens is 688 g/mol. The van der Waals surface area contributed by atoms with Crippen LogP contribution in [-0.2, 0) is 33.5 Å². The first-order valence-corrected chi connectivity index (χ1v) is 17.9. The van der Waals surface area contributed by atoms with Gasteiger partial charge in [0.05, 0.1) is 25.2 Å². The zero-order chi connectivity index (χ0) is 38.8. The second-order valence-electron chi connectivity index (χ2n) is 13.0. The number of ether oxygens (including phenoxy) is 1. The molecule has 6 amide bonds. The number of amides is 6. The number of hydrogen-bond donors (Lipinski definition) is 4. The number of likely N-dealkylation sites (tertiary alicyclic amines) is 3.